The van der Waals surface area contributed by atoms with Crippen LogP contribution in [0.15, 0.2) is 18.2 Å². The van der Waals surface area contributed by atoms with Crippen LogP contribution < -0.4 is 5.32 Å². The topological polar surface area (TPSA) is 75.6 Å². The Kier molecular flexibility index (Phi) is 4.38. The van der Waals surface area contributed by atoms with Gasteiger partial charge in [0.2, 0.25) is 0 Å². The predicted octanol–water partition coefficient (Wildman–Crippen LogP) is 3.99. The summed E-state index contributed by atoms with van der Waals surface area (Å²) in [4.78, 5) is 24.0. The van der Waals surface area contributed by atoms with Gasteiger partial charge >= 0.3 is 5.97 Å². The second kappa shape index (κ2) is 6.68. The normalized spacial score (nSPS) is 38.9. The van der Waals surface area contributed by atoms with Crippen LogP contribution in [0.3, 0.4) is 0 Å². The van der Waals surface area contributed by atoms with Crippen LogP contribution in [0.25, 0.3) is 0 Å². The molecule has 2 N–H and O–H groups in total. The van der Waals surface area contributed by atoms with Crippen molar-refractivity contribution in [2.75, 3.05) is 5.75 Å². The molecular weight excluding hydrogens is 374 g/mol. The maximum Gasteiger partial charge on any atom is 0.329 e. The molecule has 5 nitrogen and oxygen atoms in total. The second-order valence-electron chi connectivity index (χ2n) is 9.14. The minimum absolute atomic E-state index is 0.0288. The Morgan fingerprint density at radius 2 is 2.14 bits per heavy atom. The van der Waals surface area contributed by atoms with Crippen molar-refractivity contribution in [2.45, 2.75) is 63.5 Å². The van der Waals surface area contributed by atoms with E-state index in [2.05, 4.69) is 18.3 Å². The van der Waals surface area contributed by atoms with Crippen molar-refractivity contribution in [3.8, 4) is 5.75 Å². The van der Waals surface area contributed by atoms with Gasteiger partial charge in [0.15, 0.2) is 0 Å². The number of hydrogen-bond acceptors (Lipinski definition) is 5. The molecular formula is C22H27NO4S. The third kappa shape index (κ3) is 2.83. The van der Waals surface area contributed by atoms with Gasteiger partial charge in [-0.25, -0.2) is 4.79 Å². The van der Waals surface area contributed by atoms with Gasteiger partial charge in [0, 0.05) is 11.2 Å². The first-order valence-corrected chi connectivity index (χ1v) is 11.4. The smallest absolute Gasteiger partial charge is 0.329 e. The molecule has 1 saturated heterocycles. The molecule has 1 aromatic carbocycles. The summed E-state index contributed by atoms with van der Waals surface area (Å²) < 4.78 is 5.98. The standard InChI is InChI=1S/C22H27NO4S/c1-22-9-8-15-14-5-3-13(24)10-12(14)2-4-16(15)17(22)6-7-19(22)27-20(25)18-11-28-21(26)23-18/h3,5,10,15-19,24H,2,4,6-9,11H2,1H3,(H,23,26)/t15-,16-,17+,18?,19+,22+/m1/s1. The van der Waals surface area contributed by atoms with E-state index in [-0.39, 0.29) is 22.7 Å². The van der Waals surface area contributed by atoms with E-state index in [0.29, 0.717) is 29.3 Å². The molecule has 1 aliphatic heterocycles. The fraction of sp³-hybridized carbons (Fsp3) is 0.636. The molecule has 1 aromatic rings. The number of thioether (sulfide) groups is 1. The van der Waals surface area contributed by atoms with Gasteiger partial charge in [0.05, 0.1) is 0 Å². The summed E-state index contributed by atoms with van der Waals surface area (Å²) in [6.07, 6.45) is 6.32. The summed E-state index contributed by atoms with van der Waals surface area (Å²) >= 11 is 1.15. The maximum absolute atomic E-state index is 12.6. The van der Waals surface area contributed by atoms with E-state index in [0.717, 1.165) is 50.3 Å². The van der Waals surface area contributed by atoms with Crippen LogP contribution in [0, 0.1) is 17.3 Å². The third-order valence-corrected chi connectivity index (χ3v) is 8.72. The first-order chi connectivity index (χ1) is 13.5. The summed E-state index contributed by atoms with van der Waals surface area (Å²) in [6, 6.07) is 5.39. The van der Waals surface area contributed by atoms with Crippen molar-refractivity contribution in [1.29, 1.82) is 0 Å². The summed E-state index contributed by atoms with van der Waals surface area (Å²) in [6.45, 7) is 2.31. The highest BCUT2D eigenvalue weighted by Crippen LogP contribution is 2.61. The van der Waals surface area contributed by atoms with Gasteiger partial charge in [-0.2, -0.15) is 0 Å². The number of esters is 1. The number of phenolic OH excluding ortho intramolecular Hbond substituents is 1. The predicted molar refractivity (Wildman–Crippen MR) is 107 cm³/mol. The fourth-order valence-corrected chi connectivity index (χ4v) is 7.21. The lowest BCUT2D eigenvalue weighted by Crippen LogP contribution is -2.47. The second-order valence-corrected chi connectivity index (χ2v) is 10.1. The molecule has 6 heteroatoms. The number of carbonyl (C=O) groups excluding carboxylic acids is 2. The average molecular weight is 402 g/mol. The zero-order valence-electron chi connectivity index (χ0n) is 16.1. The number of amides is 1. The monoisotopic (exact) mass is 401 g/mol. The first-order valence-electron chi connectivity index (χ1n) is 10.4. The third-order valence-electron chi connectivity index (χ3n) is 7.84. The fourth-order valence-electron chi connectivity index (χ4n) is 6.45. The average Bonchev–Trinajstić information content (AvgIpc) is 3.25. The number of aryl methyl sites for hydroxylation is 1. The van der Waals surface area contributed by atoms with Crippen LogP contribution in [0.5, 0.6) is 5.75 Å². The van der Waals surface area contributed by atoms with Gasteiger partial charge in [-0.3, -0.25) is 4.79 Å². The summed E-state index contributed by atoms with van der Waals surface area (Å²) in [7, 11) is 0. The van der Waals surface area contributed by atoms with Gasteiger partial charge in [-0.05, 0) is 79.5 Å². The van der Waals surface area contributed by atoms with Crippen molar-refractivity contribution in [1.82, 2.24) is 5.32 Å². The summed E-state index contributed by atoms with van der Waals surface area (Å²) in [5, 5.41) is 12.4. The molecule has 1 heterocycles. The molecule has 150 valence electrons. The highest BCUT2D eigenvalue weighted by atomic mass is 32.2. The Labute approximate surface area is 169 Å². The van der Waals surface area contributed by atoms with Crippen molar-refractivity contribution >= 4 is 23.0 Å². The van der Waals surface area contributed by atoms with E-state index in [4.69, 9.17) is 4.74 Å². The lowest BCUT2D eigenvalue weighted by atomic mass is 9.55. The number of ether oxygens (including phenoxy) is 1. The van der Waals surface area contributed by atoms with Gasteiger partial charge in [-0.1, -0.05) is 24.8 Å². The summed E-state index contributed by atoms with van der Waals surface area (Å²) in [5.74, 6) is 2.32. The molecule has 0 aromatic heterocycles. The number of hydrogen-bond donors (Lipinski definition) is 2. The minimum Gasteiger partial charge on any atom is -0.508 e. The van der Waals surface area contributed by atoms with E-state index < -0.39 is 6.04 Å². The summed E-state index contributed by atoms with van der Waals surface area (Å²) in [5.41, 5.74) is 2.75. The number of fused-ring (bicyclic) bond motifs is 5. The Bertz CT molecular complexity index is 827. The van der Waals surface area contributed by atoms with E-state index in [1.807, 2.05) is 12.1 Å². The molecule has 1 amide bonds. The molecule has 0 radical (unpaired) electrons. The molecule has 3 fully saturated rings. The van der Waals surface area contributed by atoms with Crippen molar-refractivity contribution < 1.29 is 19.4 Å². The van der Waals surface area contributed by atoms with Gasteiger partial charge in [0.25, 0.3) is 5.24 Å². The molecule has 4 aliphatic rings. The Hall–Kier alpha value is -1.69. The quantitative estimate of drug-likeness (QED) is 0.733. The van der Waals surface area contributed by atoms with Crippen molar-refractivity contribution in [2.24, 2.45) is 17.3 Å². The molecule has 5 rings (SSSR count). The largest absolute Gasteiger partial charge is 0.508 e. The Morgan fingerprint density at radius 3 is 2.93 bits per heavy atom. The van der Waals surface area contributed by atoms with Crippen LogP contribution in [0.1, 0.15) is 56.1 Å². The molecule has 6 atom stereocenters. The van der Waals surface area contributed by atoms with Crippen LogP contribution in [0.4, 0.5) is 4.79 Å². The molecule has 1 unspecified atom stereocenters. The molecule has 3 aliphatic carbocycles. The molecule has 2 saturated carbocycles. The lowest BCUT2D eigenvalue weighted by molar-refractivity contribution is -0.159. The van der Waals surface area contributed by atoms with Crippen LogP contribution >= 0.6 is 11.8 Å². The highest BCUT2D eigenvalue weighted by molar-refractivity contribution is 8.14. The number of phenols is 1. The van der Waals surface area contributed by atoms with Crippen LogP contribution in [0.2, 0.25) is 0 Å². The van der Waals surface area contributed by atoms with Gasteiger partial charge in [0.1, 0.15) is 17.9 Å². The SMILES string of the molecule is C[C@]12CC[C@@H]3c4ccc(O)cc4CC[C@H]3[C@@H]1CC[C@@H]2OC(=O)C1CSC(=O)N1. The highest BCUT2D eigenvalue weighted by Gasteiger charge is 2.56. The van der Waals surface area contributed by atoms with Crippen molar-refractivity contribution in [3.63, 3.8) is 0 Å². The number of aromatic hydroxyl groups is 1. The minimum atomic E-state index is -0.495. The molecule has 0 bridgehead atoms. The van der Waals surface area contributed by atoms with Crippen molar-refractivity contribution in [3.05, 3.63) is 29.3 Å². The number of rotatable bonds is 2. The lowest BCUT2D eigenvalue weighted by Gasteiger charge is -2.50. The Balaban J connectivity index is 1.33. The van der Waals surface area contributed by atoms with E-state index >= 15 is 0 Å². The number of carbonyl (C=O) groups is 2. The van der Waals surface area contributed by atoms with Gasteiger partial charge < -0.3 is 15.2 Å². The Morgan fingerprint density at radius 1 is 1.29 bits per heavy atom. The van der Waals surface area contributed by atoms with Crippen LogP contribution in [-0.2, 0) is 16.0 Å². The van der Waals surface area contributed by atoms with Gasteiger partial charge in [-0.15, -0.1) is 0 Å². The van der Waals surface area contributed by atoms with Crippen LogP contribution in [-0.4, -0.2) is 34.2 Å². The molecule has 28 heavy (non-hydrogen) atoms. The maximum atomic E-state index is 12.6. The van der Waals surface area contributed by atoms with E-state index in [1.54, 1.807) is 0 Å². The number of benzene rings is 1. The number of nitrogens with one attached hydrogen (secondary N) is 1. The zero-order chi connectivity index (χ0) is 19.5. The van der Waals surface area contributed by atoms with E-state index in [1.165, 1.54) is 11.1 Å². The zero-order valence-corrected chi connectivity index (χ0v) is 17.0. The first kappa shape index (κ1) is 18.3. The van der Waals surface area contributed by atoms with E-state index in [9.17, 15) is 14.7 Å². The molecule has 0 spiro atoms.